The first-order chi connectivity index (χ1) is 8.31. The van der Waals surface area contributed by atoms with E-state index in [1.165, 1.54) is 4.68 Å². The smallest absolute Gasteiger partial charge is 0.242 e. The number of rotatable bonds is 5. The Morgan fingerprint density at radius 1 is 1.56 bits per heavy atom. The summed E-state index contributed by atoms with van der Waals surface area (Å²) in [5, 5.41) is 10.8. The van der Waals surface area contributed by atoms with Crippen molar-refractivity contribution in [1.82, 2.24) is 20.3 Å². The summed E-state index contributed by atoms with van der Waals surface area (Å²) in [7, 11) is 0. The van der Waals surface area contributed by atoms with Crippen LogP contribution in [0.1, 0.15) is 52.3 Å². The first-order valence-electron chi connectivity index (χ1n) is 6.28. The minimum absolute atomic E-state index is 0.0805. The molecule has 0 saturated heterocycles. The van der Waals surface area contributed by atoms with Gasteiger partial charge in [-0.15, -0.1) is 5.10 Å². The molecule has 1 aromatic heterocycles. The van der Waals surface area contributed by atoms with E-state index in [2.05, 4.69) is 22.6 Å². The third-order valence-electron chi connectivity index (χ3n) is 2.36. The van der Waals surface area contributed by atoms with Crippen LogP contribution in [-0.4, -0.2) is 26.4 Å². The molecule has 0 aromatic carbocycles. The summed E-state index contributed by atoms with van der Waals surface area (Å²) < 4.78 is 1.52. The molecule has 1 rings (SSSR count). The molecule has 6 nitrogen and oxygen atoms in total. The van der Waals surface area contributed by atoms with E-state index in [4.69, 9.17) is 5.73 Å². The Hall–Kier alpha value is -1.43. The van der Waals surface area contributed by atoms with E-state index in [9.17, 15) is 4.79 Å². The topological polar surface area (TPSA) is 85.8 Å². The largest absolute Gasteiger partial charge is 0.350 e. The molecular formula is C12H23N5O. The number of carbonyl (C=O) groups excluding carboxylic acids is 1. The second kappa shape index (κ2) is 5.95. The summed E-state index contributed by atoms with van der Waals surface area (Å²) in [5.74, 6) is -0.0805. The molecule has 0 spiro atoms. The maximum Gasteiger partial charge on any atom is 0.242 e. The van der Waals surface area contributed by atoms with Crippen LogP contribution < -0.4 is 11.1 Å². The molecule has 0 fully saturated rings. The van der Waals surface area contributed by atoms with Crippen molar-refractivity contribution in [2.75, 3.05) is 0 Å². The maximum absolute atomic E-state index is 11.7. The highest BCUT2D eigenvalue weighted by Crippen LogP contribution is 2.11. The van der Waals surface area contributed by atoms with Crippen molar-refractivity contribution < 1.29 is 4.79 Å². The molecule has 1 heterocycles. The molecular weight excluding hydrogens is 230 g/mol. The van der Waals surface area contributed by atoms with Crippen LogP contribution in [0.15, 0.2) is 6.20 Å². The number of amides is 1. The van der Waals surface area contributed by atoms with Crippen LogP contribution in [0, 0.1) is 0 Å². The first kappa shape index (κ1) is 14.6. The molecule has 0 bridgehead atoms. The summed E-state index contributed by atoms with van der Waals surface area (Å²) in [4.78, 5) is 11.7. The Bertz CT molecular complexity index is 393. The lowest BCUT2D eigenvalue weighted by atomic mass is 10.1. The summed E-state index contributed by atoms with van der Waals surface area (Å²) in [6.45, 7) is 8.06. The van der Waals surface area contributed by atoms with Crippen molar-refractivity contribution in [2.24, 2.45) is 5.73 Å². The lowest BCUT2D eigenvalue weighted by molar-refractivity contribution is -0.123. The van der Waals surface area contributed by atoms with Crippen molar-refractivity contribution in [3.8, 4) is 0 Å². The fourth-order valence-electron chi connectivity index (χ4n) is 1.62. The van der Waals surface area contributed by atoms with Gasteiger partial charge in [0.25, 0.3) is 0 Å². The van der Waals surface area contributed by atoms with E-state index in [0.29, 0.717) is 0 Å². The molecule has 0 aliphatic heterocycles. The van der Waals surface area contributed by atoms with Gasteiger partial charge in [-0.2, -0.15) is 0 Å². The van der Waals surface area contributed by atoms with Crippen molar-refractivity contribution in [3.63, 3.8) is 0 Å². The highest BCUT2D eigenvalue weighted by molar-refractivity contribution is 5.76. The normalized spacial score (nSPS) is 13.4. The molecule has 1 aromatic rings. The molecule has 3 N–H and O–H groups in total. The van der Waals surface area contributed by atoms with Gasteiger partial charge in [0.05, 0.1) is 17.9 Å². The number of carbonyl (C=O) groups is 1. The van der Waals surface area contributed by atoms with Crippen molar-refractivity contribution in [2.45, 2.75) is 58.7 Å². The predicted molar refractivity (Wildman–Crippen MR) is 69.8 cm³/mol. The predicted octanol–water partition coefficient (Wildman–Crippen LogP) is 0.993. The summed E-state index contributed by atoms with van der Waals surface area (Å²) in [6, 6.07) is -0.102. The summed E-state index contributed by atoms with van der Waals surface area (Å²) >= 11 is 0. The van der Waals surface area contributed by atoms with Crippen LogP contribution in [0.25, 0.3) is 0 Å². The highest BCUT2D eigenvalue weighted by Gasteiger charge is 2.15. The standard InChI is InChI=1S/C12H23N5O/c1-5-6-9(13)10-7-17(16-15-10)8-11(18)14-12(2,3)4/h7,9H,5-6,8,13H2,1-4H3,(H,14,18). The van der Waals surface area contributed by atoms with Gasteiger partial charge < -0.3 is 11.1 Å². The molecule has 0 aliphatic rings. The minimum Gasteiger partial charge on any atom is -0.350 e. The second-order valence-corrected chi connectivity index (χ2v) is 5.53. The van der Waals surface area contributed by atoms with Gasteiger partial charge in [-0.1, -0.05) is 18.6 Å². The lowest BCUT2D eigenvalue weighted by Gasteiger charge is -2.20. The van der Waals surface area contributed by atoms with Gasteiger partial charge >= 0.3 is 0 Å². The fraction of sp³-hybridized carbons (Fsp3) is 0.750. The van der Waals surface area contributed by atoms with E-state index < -0.39 is 0 Å². The quantitative estimate of drug-likeness (QED) is 0.819. The number of aromatic nitrogens is 3. The Labute approximate surface area is 108 Å². The van der Waals surface area contributed by atoms with Crippen LogP contribution in [0.4, 0.5) is 0 Å². The van der Waals surface area contributed by atoms with E-state index in [1.807, 2.05) is 20.8 Å². The summed E-state index contributed by atoms with van der Waals surface area (Å²) in [5.41, 5.74) is 6.43. The van der Waals surface area contributed by atoms with E-state index in [-0.39, 0.29) is 24.0 Å². The molecule has 0 radical (unpaired) electrons. The van der Waals surface area contributed by atoms with Crippen LogP contribution in [-0.2, 0) is 11.3 Å². The molecule has 102 valence electrons. The Kier molecular flexibility index (Phi) is 4.84. The van der Waals surface area contributed by atoms with Gasteiger partial charge in [0.1, 0.15) is 6.54 Å². The van der Waals surface area contributed by atoms with E-state index in [0.717, 1.165) is 18.5 Å². The van der Waals surface area contributed by atoms with Crippen LogP contribution >= 0.6 is 0 Å². The van der Waals surface area contributed by atoms with Crippen LogP contribution in [0.2, 0.25) is 0 Å². The number of hydrogen-bond donors (Lipinski definition) is 2. The third kappa shape index (κ3) is 4.83. The van der Waals surface area contributed by atoms with Gasteiger partial charge in [0.15, 0.2) is 0 Å². The van der Waals surface area contributed by atoms with Crippen LogP contribution in [0.5, 0.6) is 0 Å². The summed E-state index contributed by atoms with van der Waals surface area (Å²) in [6.07, 6.45) is 3.61. The number of nitrogens with zero attached hydrogens (tertiary/aromatic N) is 3. The molecule has 1 atom stereocenters. The van der Waals surface area contributed by atoms with Gasteiger partial charge in [-0.3, -0.25) is 4.79 Å². The number of nitrogens with two attached hydrogens (primary N) is 1. The fourth-order valence-corrected chi connectivity index (χ4v) is 1.62. The molecule has 0 saturated carbocycles. The van der Waals surface area contributed by atoms with Gasteiger partial charge in [0.2, 0.25) is 5.91 Å². The zero-order valence-corrected chi connectivity index (χ0v) is 11.6. The number of nitrogens with one attached hydrogen (secondary N) is 1. The SMILES string of the molecule is CCCC(N)c1cn(CC(=O)NC(C)(C)C)nn1. The van der Waals surface area contributed by atoms with Crippen LogP contribution in [0.3, 0.4) is 0 Å². The second-order valence-electron chi connectivity index (χ2n) is 5.53. The molecule has 6 heteroatoms. The molecule has 1 amide bonds. The zero-order valence-electron chi connectivity index (χ0n) is 11.6. The Balaban J connectivity index is 2.56. The van der Waals surface area contributed by atoms with Crippen molar-refractivity contribution >= 4 is 5.91 Å². The van der Waals surface area contributed by atoms with Crippen molar-refractivity contribution in [1.29, 1.82) is 0 Å². The van der Waals surface area contributed by atoms with E-state index >= 15 is 0 Å². The maximum atomic E-state index is 11.7. The van der Waals surface area contributed by atoms with E-state index in [1.54, 1.807) is 6.20 Å². The molecule has 1 unspecified atom stereocenters. The monoisotopic (exact) mass is 253 g/mol. The van der Waals surface area contributed by atoms with Gasteiger partial charge in [-0.05, 0) is 27.2 Å². The average Bonchev–Trinajstić information content (AvgIpc) is 2.63. The first-order valence-corrected chi connectivity index (χ1v) is 6.28. The van der Waals surface area contributed by atoms with Crippen molar-refractivity contribution in [3.05, 3.63) is 11.9 Å². The minimum atomic E-state index is -0.237. The molecule has 0 aliphatic carbocycles. The number of hydrogen-bond acceptors (Lipinski definition) is 4. The van der Waals surface area contributed by atoms with Gasteiger partial charge in [0, 0.05) is 5.54 Å². The Morgan fingerprint density at radius 3 is 2.78 bits per heavy atom. The average molecular weight is 253 g/mol. The molecule has 18 heavy (non-hydrogen) atoms. The highest BCUT2D eigenvalue weighted by atomic mass is 16.2. The zero-order chi connectivity index (χ0) is 13.8. The lowest BCUT2D eigenvalue weighted by Crippen LogP contribution is -2.42. The third-order valence-corrected chi connectivity index (χ3v) is 2.36. The Morgan fingerprint density at radius 2 is 2.22 bits per heavy atom. The van der Waals surface area contributed by atoms with Gasteiger partial charge in [-0.25, -0.2) is 4.68 Å².